The zero-order chi connectivity index (χ0) is 23.6. The van der Waals surface area contributed by atoms with E-state index < -0.39 is 15.9 Å². The van der Waals surface area contributed by atoms with Crippen LogP contribution in [0.3, 0.4) is 0 Å². The molecule has 172 valence electrons. The van der Waals surface area contributed by atoms with Crippen LogP contribution in [0.5, 0.6) is 0 Å². The number of fused-ring (bicyclic) bond motifs is 2. The number of carbonyl (C=O) groups excluding carboxylic acids is 1. The van der Waals surface area contributed by atoms with Gasteiger partial charge in [0.1, 0.15) is 17.0 Å². The van der Waals surface area contributed by atoms with Gasteiger partial charge in [0.15, 0.2) is 5.65 Å². The number of nitrogens with one attached hydrogen (secondary N) is 1. The zero-order valence-electron chi connectivity index (χ0n) is 18.5. The van der Waals surface area contributed by atoms with E-state index in [1.54, 1.807) is 6.07 Å². The molecule has 0 bridgehead atoms. The van der Waals surface area contributed by atoms with E-state index in [1.807, 2.05) is 30.5 Å². The van der Waals surface area contributed by atoms with Gasteiger partial charge in [-0.2, -0.15) is 0 Å². The van der Waals surface area contributed by atoms with Gasteiger partial charge in [0.25, 0.3) is 5.91 Å². The Morgan fingerprint density at radius 1 is 1.06 bits per heavy atom. The van der Waals surface area contributed by atoms with E-state index in [0.717, 1.165) is 39.5 Å². The second kappa shape index (κ2) is 9.61. The lowest BCUT2D eigenvalue weighted by atomic mass is 10.1. The standard InChI is InChI=1S/C24H25BrN4O3S/c1-3-4-7-14-33(31,32)28-24(30)21-13-12-20-23(27-21)29(16(2)26-20)15-18-11-10-17-8-5-6-9-19(17)22(18)25/h5-6,8-13H,3-4,7,14-15H2,1-2H3,(H,28,30). The molecule has 4 rings (SSSR count). The number of aryl methyl sites for hydroxylation is 1. The van der Waals surface area contributed by atoms with E-state index in [0.29, 0.717) is 24.1 Å². The number of rotatable bonds is 8. The summed E-state index contributed by atoms with van der Waals surface area (Å²) in [5, 5.41) is 2.25. The summed E-state index contributed by atoms with van der Waals surface area (Å²) in [7, 11) is -3.70. The van der Waals surface area contributed by atoms with Crippen LogP contribution in [0.15, 0.2) is 53.0 Å². The van der Waals surface area contributed by atoms with Crippen molar-refractivity contribution in [3.05, 3.63) is 70.1 Å². The summed E-state index contributed by atoms with van der Waals surface area (Å²) in [6.07, 6.45) is 2.21. The normalized spacial score (nSPS) is 11.8. The summed E-state index contributed by atoms with van der Waals surface area (Å²) in [5.74, 6) is -0.0602. The van der Waals surface area contributed by atoms with Crippen molar-refractivity contribution in [1.29, 1.82) is 0 Å². The number of hydrogen-bond donors (Lipinski definition) is 1. The molecule has 0 spiro atoms. The molecule has 9 heteroatoms. The molecule has 1 N–H and O–H groups in total. The number of sulfonamides is 1. The molecule has 33 heavy (non-hydrogen) atoms. The fraction of sp³-hybridized carbons (Fsp3) is 0.292. The number of amides is 1. The second-order valence-corrected chi connectivity index (χ2v) is 10.6. The number of imidazole rings is 1. The highest BCUT2D eigenvalue weighted by Gasteiger charge is 2.19. The maximum absolute atomic E-state index is 12.6. The number of nitrogens with zero attached hydrogens (tertiary/aromatic N) is 3. The highest BCUT2D eigenvalue weighted by atomic mass is 79.9. The van der Waals surface area contributed by atoms with E-state index in [1.165, 1.54) is 6.07 Å². The van der Waals surface area contributed by atoms with Crippen molar-refractivity contribution in [2.24, 2.45) is 0 Å². The highest BCUT2D eigenvalue weighted by molar-refractivity contribution is 9.10. The lowest BCUT2D eigenvalue weighted by molar-refractivity contribution is 0.0977. The molecule has 0 fully saturated rings. The van der Waals surface area contributed by atoms with Gasteiger partial charge < -0.3 is 4.57 Å². The average Bonchev–Trinajstić information content (AvgIpc) is 3.09. The van der Waals surface area contributed by atoms with E-state index in [4.69, 9.17) is 0 Å². The van der Waals surface area contributed by atoms with Crippen molar-refractivity contribution in [2.75, 3.05) is 5.75 Å². The highest BCUT2D eigenvalue weighted by Crippen LogP contribution is 2.29. The van der Waals surface area contributed by atoms with Crippen LogP contribution in [0.2, 0.25) is 0 Å². The lowest BCUT2D eigenvalue weighted by Gasteiger charge is -2.11. The fourth-order valence-electron chi connectivity index (χ4n) is 3.79. The minimum absolute atomic E-state index is 0.0419. The third-order valence-corrected chi connectivity index (χ3v) is 7.81. The topological polar surface area (TPSA) is 94.0 Å². The predicted molar refractivity (Wildman–Crippen MR) is 134 cm³/mol. The number of pyridine rings is 1. The van der Waals surface area contributed by atoms with E-state index in [-0.39, 0.29) is 11.4 Å². The molecular weight excluding hydrogens is 504 g/mol. The molecule has 0 saturated carbocycles. The number of aromatic nitrogens is 3. The van der Waals surface area contributed by atoms with Gasteiger partial charge >= 0.3 is 0 Å². The third kappa shape index (κ3) is 5.09. The minimum Gasteiger partial charge on any atom is -0.308 e. The predicted octanol–water partition coefficient (Wildman–Crippen LogP) is 4.95. The van der Waals surface area contributed by atoms with Crippen LogP contribution in [0.4, 0.5) is 0 Å². The van der Waals surface area contributed by atoms with Crippen LogP contribution in [0, 0.1) is 6.92 Å². The van der Waals surface area contributed by atoms with Gasteiger partial charge in [-0.3, -0.25) is 4.79 Å². The summed E-state index contributed by atoms with van der Waals surface area (Å²) >= 11 is 3.73. The van der Waals surface area contributed by atoms with Gasteiger partial charge in [0.2, 0.25) is 10.0 Å². The van der Waals surface area contributed by atoms with Crippen molar-refractivity contribution in [1.82, 2.24) is 19.3 Å². The zero-order valence-corrected chi connectivity index (χ0v) is 20.9. The minimum atomic E-state index is -3.70. The van der Waals surface area contributed by atoms with Gasteiger partial charge in [0.05, 0.1) is 12.3 Å². The Morgan fingerprint density at radius 3 is 2.64 bits per heavy atom. The number of benzene rings is 2. The molecule has 0 radical (unpaired) electrons. The largest absolute Gasteiger partial charge is 0.308 e. The van der Waals surface area contributed by atoms with Crippen LogP contribution < -0.4 is 4.72 Å². The molecule has 0 unspecified atom stereocenters. The van der Waals surface area contributed by atoms with Crippen molar-refractivity contribution in [2.45, 2.75) is 39.7 Å². The second-order valence-electron chi connectivity index (χ2n) is 8.00. The number of unbranched alkanes of at least 4 members (excludes halogenated alkanes) is 2. The third-order valence-electron chi connectivity index (χ3n) is 5.55. The molecule has 2 aromatic heterocycles. The van der Waals surface area contributed by atoms with Crippen molar-refractivity contribution < 1.29 is 13.2 Å². The summed E-state index contributed by atoms with van der Waals surface area (Å²) in [5.41, 5.74) is 2.27. The smallest absolute Gasteiger partial charge is 0.283 e. The summed E-state index contributed by atoms with van der Waals surface area (Å²) in [6.45, 7) is 4.38. The summed E-state index contributed by atoms with van der Waals surface area (Å²) in [6, 6.07) is 15.4. The van der Waals surface area contributed by atoms with Crippen molar-refractivity contribution in [3.63, 3.8) is 0 Å². The molecule has 0 aliphatic carbocycles. The molecule has 0 aliphatic rings. The molecule has 0 aliphatic heterocycles. The molecule has 4 aromatic rings. The van der Waals surface area contributed by atoms with E-state index >= 15 is 0 Å². The van der Waals surface area contributed by atoms with Crippen LogP contribution >= 0.6 is 15.9 Å². The quantitative estimate of drug-likeness (QED) is 0.326. The van der Waals surface area contributed by atoms with Crippen LogP contribution in [-0.4, -0.2) is 34.6 Å². The number of hydrogen-bond acceptors (Lipinski definition) is 5. The number of carbonyl (C=O) groups is 1. The monoisotopic (exact) mass is 528 g/mol. The summed E-state index contributed by atoms with van der Waals surface area (Å²) < 4.78 is 29.5. The maximum atomic E-state index is 12.6. The van der Waals surface area contributed by atoms with E-state index in [9.17, 15) is 13.2 Å². The van der Waals surface area contributed by atoms with Crippen molar-refractivity contribution in [3.8, 4) is 0 Å². The van der Waals surface area contributed by atoms with E-state index in [2.05, 4.69) is 54.9 Å². The molecule has 0 saturated heterocycles. The summed E-state index contributed by atoms with van der Waals surface area (Å²) in [4.78, 5) is 21.7. The SMILES string of the molecule is CCCCCS(=O)(=O)NC(=O)c1ccc2nc(C)n(Cc3ccc4ccccc4c3Br)c2n1. The van der Waals surface area contributed by atoms with Gasteiger partial charge in [-0.05, 0) is 57.7 Å². The Labute approximate surface area is 201 Å². The van der Waals surface area contributed by atoms with Gasteiger partial charge in [-0.15, -0.1) is 0 Å². The Hall–Kier alpha value is -2.78. The molecule has 0 atom stereocenters. The maximum Gasteiger partial charge on any atom is 0.283 e. The average molecular weight is 529 g/mol. The molecule has 2 aromatic carbocycles. The Bertz CT molecular complexity index is 1450. The Kier molecular flexibility index (Phi) is 6.81. The van der Waals surface area contributed by atoms with Gasteiger partial charge in [-0.1, -0.05) is 56.2 Å². The first-order chi connectivity index (χ1) is 15.8. The number of halogens is 1. The Morgan fingerprint density at radius 2 is 1.85 bits per heavy atom. The van der Waals surface area contributed by atoms with Crippen LogP contribution in [0.25, 0.3) is 21.9 Å². The first-order valence-electron chi connectivity index (χ1n) is 10.8. The van der Waals surface area contributed by atoms with Crippen molar-refractivity contribution >= 4 is 53.8 Å². The van der Waals surface area contributed by atoms with Gasteiger partial charge in [-0.25, -0.2) is 23.1 Å². The Balaban J connectivity index is 1.64. The lowest BCUT2D eigenvalue weighted by Crippen LogP contribution is -2.33. The first-order valence-corrected chi connectivity index (χ1v) is 13.3. The first kappa shape index (κ1) is 23.4. The fourth-order valence-corrected chi connectivity index (χ4v) is 5.48. The molecule has 7 nitrogen and oxygen atoms in total. The molecule has 1 amide bonds. The van der Waals surface area contributed by atoms with Crippen LogP contribution in [-0.2, 0) is 16.6 Å². The van der Waals surface area contributed by atoms with Crippen LogP contribution in [0.1, 0.15) is 48.1 Å². The molecule has 2 heterocycles. The van der Waals surface area contributed by atoms with Gasteiger partial charge in [0, 0.05) is 4.47 Å². The molecular formula is C24H25BrN4O3S.